The van der Waals surface area contributed by atoms with Gasteiger partial charge in [0.2, 0.25) is 0 Å². The standard InChI is InChI=1S/C16H19ClN2O7/c1-16(2,3)26-15(22)18-8-10(7-12(18)14(20)21)25-13-5-4-9(17)6-11(13)19(23)24/h4-6,10,12H,7-8H2,1-3H3,(H,20,21)/t10-,12-/m0/s1. The zero-order valence-electron chi connectivity index (χ0n) is 14.5. The topological polar surface area (TPSA) is 119 Å². The van der Waals surface area contributed by atoms with Crippen molar-refractivity contribution < 1.29 is 29.1 Å². The predicted octanol–water partition coefficient (Wildman–Crippen LogP) is 3.09. The second-order valence-corrected chi connectivity index (χ2v) is 7.27. The van der Waals surface area contributed by atoms with E-state index in [4.69, 9.17) is 21.1 Å². The van der Waals surface area contributed by atoms with Crippen LogP contribution in [0.25, 0.3) is 0 Å². The molecule has 1 aliphatic rings. The number of carboxylic acids is 1. The fraction of sp³-hybridized carbons (Fsp3) is 0.500. The highest BCUT2D eigenvalue weighted by Gasteiger charge is 2.43. The summed E-state index contributed by atoms with van der Waals surface area (Å²) in [6.45, 7) is 4.94. The van der Waals surface area contributed by atoms with E-state index in [0.717, 1.165) is 11.0 Å². The number of nitro benzene ring substituents is 1. The van der Waals surface area contributed by atoms with Crippen molar-refractivity contribution in [2.24, 2.45) is 0 Å². The maximum atomic E-state index is 12.3. The van der Waals surface area contributed by atoms with Gasteiger partial charge in [0.05, 0.1) is 11.5 Å². The number of nitro groups is 1. The number of amides is 1. The second-order valence-electron chi connectivity index (χ2n) is 6.83. The zero-order chi connectivity index (χ0) is 19.6. The summed E-state index contributed by atoms with van der Waals surface area (Å²) in [5, 5.41) is 20.7. The van der Waals surface area contributed by atoms with Crippen LogP contribution in [0.2, 0.25) is 5.02 Å². The molecule has 1 heterocycles. The number of carbonyl (C=O) groups excluding carboxylic acids is 1. The van der Waals surface area contributed by atoms with Gasteiger partial charge in [-0.2, -0.15) is 0 Å². The number of hydrogen-bond acceptors (Lipinski definition) is 6. The van der Waals surface area contributed by atoms with E-state index >= 15 is 0 Å². The first-order valence-electron chi connectivity index (χ1n) is 7.81. The molecule has 0 unspecified atom stereocenters. The van der Waals surface area contributed by atoms with Gasteiger partial charge in [0.1, 0.15) is 17.7 Å². The van der Waals surface area contributed by atoms with Gasteiger partial charge in [-0.15, -0.1) is 0 Å². The normalized spacial score (nSPS) is 19.9. The Labute approximate surface area is 154 Å². The third-order valence-electron chi connectivity index (χ3n) is 3.59. The number of hydrogen-bond donors (Lipinski definition) is 1. The Morgan fingerprint density at radius 1 is 1.38 bits per heavy atom. The first-order chi connectivity index (χ1) is 12.0. The molecule has 10 heteroatoms. The van der Waals surface area contributed by atoms with E-state index < -0.39 is 34.7 Å². The molecule has 1 amide bonds. The minimum Gasteiger partial charge on any atom is -0.482 e. The maximum absolute atomic E-state index is 12.3. The Bertz CT molecular complexity index is 732. The highest BCUT2D eigenvalue weighted by Crippen LogP contribution is 2.33. The monoisotopic (exact) mass is 386 g/mol. The van der Waals surface area contributed by atoms with Gasteiger partial charge in [-0.05, 0) is 32.9 Å². The third kappa shape index (κ3) is 4.75. The smallest absolute Gasteiger partial charge is 0.411 e. The molecule has 0 radical (unpaired) electrons. The first-order valence-corrected chi connectivity index (χ1v) is 8.19. The van der Waals surface area contributed by atoms with E-state index in [9.17, 15) is 24.8 Å². The lowest BCUT2D eigenvalue weighted by Gasteiger charge is -2.26. The van der Waals surface area contributed by atoms with Crippen molar-refractivity contribution in [3.8, 4) is 5.75 Å². The summed E-state index contributed by atoms with van der Waals surface area (Å²) in [7, 11) is 0. The quantitative estimate of drug-likeness (QED) is 0.623. The molecule has 142 valence electrons. The van der Waals surface area contributed by atoms with Crippen LogP contribution in [0.1, 0.15) is 27.2 Å². The second kappa shape index (κ2) is 7.36. The third-order valence-corrected chi connectivity index (χ3v) is 3.82. The van der Waals surface area contributed by atoms with E-state index in [1.807, 2.05) is 0 Å². The van der Waals surface area contributed by atoms with Crippen LogP contribution in [0.3, 0.4) is 0 Å². The molecule has 0 bridgehead atoms. The van der Waals surface area contributed by atoms with Gasteiger partial charge in [0.15, 0.2) is 5.75 Å². The number of aliphatic carboxylic acids is 1. The van der Waals surface area contributed by atoms with E-state index in [1.54, 1.807) is 20.8 Å². The predicted molar refractivity (Wildman–Crippen MR) is 91.5 cm³/mol. The Kier molecular flexibility index (Phi) is 5.60. The van der Waals surface area contributed by atoms with Gasteiger partial charge in [0.25, 0.3) is 0 Å². The number of halogens is 1. The summed E-state index contributed by atoms with van der Waals surface area (Å²) < 4.78 is 10.8. The molecule has 2 rings (SSSR count). The summed E-state index contributed by atoms with van der Waals surface area (Å²) in [5.74, 6) is -1.24. The van der Waals surface area contributed by atoms with Crippen molar-refractivity contribution in [2.75, 3.05) is 6.54 Å². The summed E-state index contributed by atoms with van der Waals surface area (Å²) in [5.41, 5.74) is -1.12. The van der Waals surface area contributed by atoms with Gasteiger partial charge < -0.3 is 14.6 Å². The van der Waals surface area contributed by atoms with Crippen LogP contribution in [0.4, 0.5) is 10.5 Å². The van der Waals surface area contributed by atoms with Crippen LogP contribution in [-0.2, 0) is 9.53 Å². The van der Waals surface area contributed by atoms with Crippen LogP contribution in [-0.4, -0.2) is 51.3 Å². The van der Waals surface area contributed by atoms with Crippen molar-refractivity contribution in [1.29, 1.82) is 0 Å². The Morgan fingerprint density at radius 2 is 2.04 bits per heavy atom. The minimum atomic E-state index is -1.20. The number of nitrogens with zero attached hydrogens (tertiary/aromatic N) is 2. The lowest BCUT2D eigenvalue weighted by Crippen LogP contribution is -2.43. The molecule has 1 saturated heterocycles. The Balaban J connectivity index is 2.19. The Hall–Kier alpha value is -2.55. The fourth-order valence-electron chi connectivity index (χ4n) is 2.55. The molecule has 2 atom stereocenters. The number of carbonyl (C=O) groups is 2. The maximum Gasteiger partial charge on any atom is 0.411 e. The molecule has 0 saturated carbocycles. The summed E-state index contributed by atoms with van der Waals surface area (Å²) in [4.78, 5) is 35.3. The van der Waals surface area contributed by atoms with Crippen molar-refractivity contribution in [2.45, 2.75) is 44.9 Å². The number of ether oxygens (including phenoxy) is 2. The van der Waals surface area contributed by atoms with E-state index in [-0.39, 0.29) is 29.4 Å². The van der Waals surface area contributed by atoms with Crippen molar-refractivity contribution in [3.05, 3.63) is 33.3 Å². The molecule has 0 spiro atoms. The van der Waals surface area contributed by atoms with Crippen molar-refractivity contribution >= 4 is 29.4 Å². The van der Waals surface area contributed by atoms with Crippen LogP contribution in [0.15, 0.2) is 18.2 Å². The number of carboxylic acid groups (broad SMARTS) is 1. The summed E-state index contributed by atoms with van der Waals surface area (Å²) in [6.07, 6.45) is -1.53. The first kappa shape index (κ1) is 19.8. The largest absolute Gasteiger partial charge is 0.482 e. The molecule has 1 fully saturated rings. The minimum absolute atomic E-state index is 0.0195. The van der Waals surface area contributed by atoms with Gasteiger partial charge >= 0.3 is 17.7 Å². The van der Waals surface area contributed by atoms with Gasteiger partial charge in [-0.1, -0.05) is 11.6 Å². The molecule has 0 aliphatic carbocycles. The lowest BCUT2D eigenvalue weighted by molar-refractivity contribution is -0.386. The molecule has 0 aromatic heterocycles. The van der Waals surface area contributed by atoms with Crippen LogP contribution < -0.4 is 4.74 Å². The van der Waals surface area contributed by atoms with Gasteiger partial charge in [-0.25, -0.2) is 9.59 Å². The molecular weight excluding hydrogens is 368 g/mol. The molecule has 1 N–H and O–H groups in total. The van der Waals surface area contributed by atoms with E-state index in [1.165, 1.54) is 12.1 Å². The molecular formula is C16H19ClN2O7. The van der Waals surface area contributed by atoms with Crippen LogP contribution in [0.5, 0.6) is 5.75 Å². The zero-order valence-corrected chi connectivity index (χ0v) is 15.2. The van der Waals surface area contributed by atoms with Crippen LogP contribution >= 0.6 is 11.6 Å². The van der Waals surface area contributed by atoms with Gasteiger partial charge in [0, 0.05) is 17.5 Å². The number of benzene rings is 1. The molecule has 1 aromatic carbocycles. The summed E-state index contributed by atoms with van der Waals surface area (Å²) >= 11 is 5.76. The lowest BCUT2D eigenvalue weighted by atomic mass is 10.2. The van der Waals surface area contributed by atoms with E-state index in [2.05, 4.69) is 0 Å². The average molecular weight is 387 g/mol. The fourth-order valence-corrected chi connectivity index (χ4v) is 2.72. The molecule has 26 heavy (non-hydrogen) atoms. The van der Waals surface area contributed by atoms with E-state index in [0.29, 0.717) is 0 Å². The van der Waals surface area contributed by atoms with Gasteiger partial charge in [-0.3, -0.25) is 15.0 Å². The van der Waals surface area contributed by atoms with Crippen molar-refractivity contribution in [3.63, 3.8) is 0 Å². The number of rotatable bonds is 4. The molecule has 1 aromatic rings. The van der Waals surface area contributed by atoms with Crippen LogP contribution in [0, 0.1) is 10.1 Å². The number of likely N-dealkylation sites (tertiary alicyclic amines) is 1. The highest BCUT2D eigenvalue weighted by atomic mass is 35.5. The van der Waals surface area contributed by atoms with Crippen molar-refractivity contribution in [1.82, 2.24) is 4.90 Å². The Morgan fingerprint density at radius 3 is 2.58 bits per heavy atom. The highest BCUT2D eigenvalue weighted by molar-refractivity contribution is 6.30. The summed E-state index contributed by atoms with van der Waals surface area (Å²) in [6, 6.07) is 2.78. The SMILES string of the molecule is CC(C)(C)OC(=O)N1C[C@@H](Oc2ccc(Cl)cc2[N+](=O)[O-])C[C@H]1C(=O)O. The average Bonchev–Trinajstić information content (AvgIpc) is 2.91. The molecule has 9 nitrogen and oxygen atoms in total. The molecule has 1 aliphatic heterocycles.